The van der Waals surface area contributed by atoms with Crippen molar-refractivity contribution in [2.75, 3.05) is 0 Å². The number of nitriles is 1. The number of fused-ring (bicyclic) bond motifs is 6. The van der Waals surface area contributed by atoms with E-state index in [4.69, 9.17) is 0 Å². The first-order chi connectivity index (χ1) is 27.4. The van der Waals surface area contributed by atoms with E-state index in [0.29, 0.717) is 16.9 Å². The third-order valence-electron chi connectivity index (χ3n) is 10.8. The molecule has 0 spiro atoms. The van der Waals surface area contributed by atoms with Crippen molar-refractivity contribution in [2.45, 2.75) is 6.18 Å². The third-order valence-corrected chi connectivity index (χ3v) is 10.8. The van der Waals surface area contributed by atoms with Crippen molar-refractivity contribution in [3.05, 3.63) is 193 Å². The van der Waals surface area contributed by atoms with Crippen LogP contribution in [0.15, 0.2) is 182 Å². The number of hydrogen-bond acceptors (Lipinski definition) is 1. The van der Waals surface area contributed by atoms with Gasteiger partial charge in [0, 0.05) is 32.7 Å². The molecular weight excluding hydrogens is 700 g/mol. The molecule has 0 aliphatic rings. The number of alkyl halides is 3. The van der Waals surface area contributed by atoms with E-state index in [1.165, 1.54) is 6.07 Å². The van der Waals surface area contributed by atoms with Crippen molar-refractivity contribution >= 4 is 43.6 Å². The molecule has 0 aliphatic carbocycles. The van der Waals surface area contributed by atoms with Crippen LogP contribution >= 0.6 is 0 Å². The van der Waals surface area contributed by atoms with Crippen LogP contribution in [-0.2, 0) is 6.18 Å². The zero-order valence-electron chi connectivity index (χ0n) is 29.8. The van der Waals surface area contributed by atoms with Gasteiger partial charge in [-0.2, -0.15) is 18.4 Å². The van der Waals surface area contributed by atoms with Crippen molar-refractivity contribution in [3.8, 4) is 50.8 Å². The highest BCUT2D eigenvalue weighted by molar-refractivity contribution is 6.13. The Bertz CT molecular complexity index is 3180. The zero-order valence-corrected chi connectivity index (χ0v) is 29.8. The van der Waals surface area contributed by atoms with Crippen LogP contribution in [0.3, 0.4) is 0 Å². The predicted molar refractivity (Wildman–Crippen MR) is 221 cm³/mol. The highest BCUT2D eigenvalue weighted by Gasteiger charge is 2.36. The van der Waals surface area contributed by atoms with Gasteiger partial charge in [0.15, 0.2) is 0 Å². The van der Waals surface area contributed by atoms with Gasteiger partial charge in [0.25, 0.3) is 0 Å². The van der Waals surface area contributed by atoms with Crippen LogP contribution in [0.2, 0.25) is 0 Å². The molecule has 10 rings (SSSR count). The summed E-state index contributed by atoms with van der Waals surface area (Å²) in [5.74, 6) is 0. The lowest BCUT2D eigenvalue weighted by atomic mass is 9.93. The SMILES string of the molecule is N#Cc1ccc(-n2c3ccccc3c3cc(-c4ccccc4)ccc32)c(-c2c(-n3c4ccccc4c4cc(-c5ccccc5)ccc43)cccc2C(F)(F)F)c1. The Morgan fingerprint density at radius 3 is 1.45 bits per heavy atom. The maximum atomic E-state index is 15.5. The number of nitrogens with zero attached hydrogens (tertiary/aromatic N) is 3. The van der Waals surface area contributed by atoms with Gasteiger partial charge in [-0.25, -0.2) is 0 Å². The molecule has 0 atom stereocenters. The van der Waals surface area contributed by atoms with Gasteiger partial charge in [-0.3, -0.25) is 0 Å². The van der Waals surface area contributed by atoms with Gasteiger partial charge >= 0.3 is 6.18 Å². The fourth-order valence-electron chi connectivity index (χ4n) is 8.33. The molecule has 0 amide bonds. The summed E-state index contributed by atoms with van der Waals surface area (Å²) in [5, 5.41) is 14.0. The molecule has 0 radical (unpaired) electrons. The largest absolute Gasteiger partial charge is 0.417 e. The number of para-hydroxylation sites is 2. The molecular formula is C50H30F3N3. The molecule has 266 valence electrons. The molecule has 0 saturated carbocycles. The molecule has 8 aromatic carbocycles. The van der Waals surface area contributed by atoms with Gasteiger partial charge in [0.1, 0.15) is 0 Å². The number of benzene rings is 8. The summed E-state index contributed by atoms with van der Waals surface area (Å²) in [6.45, 7) is 0. The molecule has 0 N–H and O–H groups in total. The van der Waals surface area contributed by atoms with Crippen molar-refractivity contribution in [1.82, 2.24) is 9.13 Å². The Morgan fingerprint density at radius 2 is 0.911 bits per heavy atom. The summed E-state index contributed by atoms with van der Waals surface area (Å²) in [5.41, 5.74) is 8.05. The maximum absolute atomic E-state index is 15.5. The Labute approximate surface area is 320 Å². The van der Waals surface area contributed by atoms with Gasteiger partial charge in [-0.05, 0) is 89.0 Å². The van der Waals surface area contributed by atoms with Gasteiger partial charge in [0.2, 0.25) is 0 Å². The average molecular weight is 730 g/mol. The summed E-state index contributed by atoms with van der Waals surface area (Å²) >= 11 is 0. The number of aromatic nitrogens is 2. The second-order valence-corrected chi connectivity index (χ2v) is 13.9. The standard InChI is InChI=1S/C50H30F3N3/c51-50(52,53)42-18-11-21-48(56-44-20-10-8-17-38(44)40-30-36(24-27-46(40)56)34-14-5-2-6-15-34)49(42)41-28-32(31-54)22-25-47(41)55-43-19-9-7-16-37(43)39-29-35(23-26-45(39)55)33-12-3-1-4-13-33/h1-30H. The molecule has 6 heteroatoms. The topological polar surface area (TPSA) is 33.6 Å². The molecule has 3 nitrogen and oxygen atoms in total. The summed E-state index contributed by atoms with van der Waals surface area (Å²) in [6, 6.07) is 59.9. The maximum Gasteiger partial charge on any atom is 0.417 e. The number of rotatable bonds is 5. The Hall–Kier alpha value is -7.36. The van der Waals surface area contributed by atoms with Crippen LogP contribution in [0.1, 0.15) is 11.1 Å². The average Bonchev–Trinajstić information content (AvgIpc) is 3.75. The van der Waals surface area contributed by atoms with Gasteiger partial charge < -0.3 is 9.13 Å². The third kappa shape index (κ3) is 5.28. The highest BCUT2D eigenvalue weighted by atomic mass is 19.4. The minimum Gasteiger partial charge on any atom is -0.309 e. The molecule has 0 bridgehead atoms. The monoisotopic (exact) mass is 729 g/mol. The highest BCUT2D eigenvalue weighted by Crippen LogP contribution is 2.47. The second-order valence-electron chi connectivity index (χ2n) is 13.9. The fraction of sp³-hybridized carbons (Fsp3) is 0.0200. The molecule has 0 aliphatic heterocycles. The van der Waals surface area contributed by atoms with Crippen LogP contribution in [0, 0.1) is 11.3 Å². The normalized spacial score (nSPS) is 11.8. The van der Waals surface area contributed by atoms with E-state index in [1.807, 2.05) is 130 Å². The van der Waals surface area contributed by atoms with Crippen LogP contribution in [0.4, 0.5) is 13.2 Å². The van der Waals surface area contributed by atoms with Crippen molar-refractivity contribution in [1.29, 1.82) is 5.26 Å². The molecule has 56 heavy (non-hydrogen) atoms. The first-order valence-electron chi connectivity index (χ1n) is 18.3. The number of hydrogen-bond donors (Lipinski definition) is 0. The quantitative estimate of drug-likeness (QED) is 0.174. The first kappa shape index (κ1) is 33.2. The van der Waals surface area contributed by atoms with E-state index in [1.54, 1.807) is 24.3 Å². The number of halogens is 3. The van der Waals surface area contributed by atoms with E-state index in [9.17, 15) is 5.26 Å². The molecule has 0 saturated heterocycles. The summed E-state index contributed by atoms with van der Waals surface area (Å²) < 4.78 is 50.5. The minimum atomic E-state index is -4.71. The second kappa shape index (κ2) is 12.9. The minimum absolute atomic E-state index is 0.00581. The zero-order chi connectivity index (χ0) is 38.0. The lowest BCUT2D eigenvalue weighted by molar-refractivity contribution is -0.137. The van der Waals surface area contributed by atoms with Gasteiger partial charge in [-0.15, -0.1) is 0 Å². The van der Waals surface area contributed by atoms with Crippen molar-refractivity contribution in [2.24, 2.45) is 0 Å². The van der Waals surface area contributed by atoms with Crippen molar-refractivity contribution in [3.63, 3.8) is 0 Å². The Morgan fingerprint density at radius 1 is 0.411 bits per heavy atom. The van der Waals surface area contributed by atoms with Crippen LogP contribution in [0.5, 0.6) is 0 Å². The Kier molecular flexibility index (Phi) is 7.65. The summed E-state index contributed by atoms with van der Waals surface area (Å²) in [6.07, 6.45) is -4.71. The molecule has 10 aromatic rings. The molecule has 2 aromatic heterocycles. The lowest BCUT2D eigenvalue weighted by Crippen LogP contribution is -2.11. The lowest BCUT2D eigenvalue weighted by Gasteiger charge is -2.22. The van der Waals surface area contributed by atoms with E-state index in [0.717, 1.165) is 71.9 Å². The fourth-order valence-corrected chi connectivity index (χ4v) is 8.33. The first-order valence-corrected chi connectivity index (χ1v) is 18.3. The Balaban J connectivity index is 1.30. The smallest absolute Gasteiger partial charge is 0.309 e. The van der Waals surface area contributed by atoms with E-state index < -0.39 is 11.7 Å². The van der Waals surface area contributed by atoms with Crippen LogP contribution in [-0.4, -0.2) is 9.13 Å². The molecule has 2 heterocycles. The van der Waals surface area contributed by atoms with Gasteiger partial charge in [0.05, 0.1) is 50.6 Å². The molecule has 0 fully saturated rings. The van der Waals surface area contributed by atoms with Crippen LogP contribution < -0.4 is 0 Å². The predicted octanol–water partition coefficient (Wildman–Crippen LogP) is 13.8. The summed E-state index contributed by atoms with van der Waals surface area (Å²) in [7, 11) is 0. The van der Waals surface area contributed by atoms with Crippen molar-refractivity contribution < 1.29 is 13.2 Å². The summed E-state index contributed by atoms with van der Waals surface area (Å²) in [4.78, 5) is 0. The van der Waals surface area contributed by atoms with E-state index in [2.05, 4.69) is 30.3 Å². The van der Waals surface area contributed by atoms with E-state index in [-0.39, 0.29) is 11.1 Å². The molecule has 0 unspecified atom stereocenters. The van der Waals surface area contributed by atoms with Gasteiger partial charge in [-0.1, -0.05) is 115 Å². The van der Waals surface area contributed by atoms with Crippen LogP contribution in [0.25, 0.3) is 88.4 Å². The van der Waals surface area contributed by atoms with E-state index >= 15 is 13.2 Å².